The van der Waals surface area contributed by atoms with Gasteiger partial charge in [0.15, 0.2) is 0 Å². The molecule has 26 heavy (non-hydrogen) atoms. The lowest BCUT2D eigenvalue weighted by atomic mass is 10.3. The maximum Gasteiger partial charge on any atom is 0.252 e. The van der Waals surface area contributed by atoms with Gasteiger partial charge in [-0.2, -0.15) is 4.31 Å². The maximum absolute atomic E-state index is 12.6. The molecule has 3 rings (SSSR count). The Kier molecular flexibility index (Phi) is 6.07. The van der Waals surface area contributed by atoms with Crippen molar-refractivity contribution in [2.24, 2.45) is 0 Å². The van der Waals surface area contributed by atoms with Crippen molar-refractivity contribution in [2.75, 3.05) is 38.0 Å². The topological polar surface area (TPSA) is 95.5 Å². The quantitative estimate of drug-likeness (QED) is 0.768. The molecule has 3 heterocycles. The normalized spacial score (nSPS) is 15.8. The highest BCUT2D eigenvalue weighted by atomic mass is 35.5. The summed E-state index contributed by atoms with van der Waals surface area (Å²) in [7, 11) is -3.54. The molecule has 1 aliphatic rings. The standard InChI is InChI=1S/C15H18ClN5O3S2/c16-12-2-3-14(25-12)26(23,24)21-10-8-20(9-11-21)13(22)4-7-19-15-17-5-1-6-18-15/h1-3,5-6H,4,7-11H2,(H,17,18,19). The van der Waals surface area contributed by atoms with Crippen molar-refractivity contribution in [2.45, 2.75) is 10.6 Å². The summed E-state index contributed by atoms with van der Waals surface area (Å²) < 4.78 is 27.2. The summed E-state index contributed by atoms with van der Waals surface area (Å²) in [6.45, 7) is 1.73. The fourth-order valence-corrected chi connectivity index (χ4v) is 5.63. The van der Waals surface area contributed by atoms with Crippen molar-refractivity contribution in [1.82, 2.24) is 19.2 Å². The Balaban J connectivity index is 1.48. The molecule has 0 aromatic carbocycles. The van der Waals surface area contributed by atoms with E-state index in [0.29, 0.717) is 36.3 Å². The van der Waals surface area contributed by atoms with E-state index in [9.17, 15) is 13.2 Å². The van der Waals surface area contributed by atoms with E-state index in [1.54, 1.807) is 29.4 Å². The molecule has 2 aromatic rings. The third-order valence-electron chi connectivity index (χ3n) is 3.92. The number of anilines is 1. The van der Waals surface area contributed by atoms with Crippen LogP contribution in [0.5, 0.6) is 0 Å². The summed E-state index contributed by atoms with van der Waals surface area (Å²) in [5.41, 5.74) is 0. The van der Waals surface area contributed by atoms with Gasteiger partial charge in [-0.05, 0) is 18.2 Å². The minimum Gasteiger partial charge on any atom is -0.354 e. The largest absolute Gasteiger partial charge is 0.354 e. The van der Waals surface area contributed by atoms with Gasteiger partial charge in [0, 0.05) is 51.5 Å². The molecule has 140 valence electrons. The maximum atomic E-state index is 12.6. The molecule has 1 saturated heterocycles. The number of halogens is 1. The Labute approximate surface area is 160 Å². The predicted molar refractivity (Wildman–Crippen MR) is 99.8 cm³/mol. The van der Waals surface area contributed by atoms with E-state index in [1.807, 2.05) is 0 Å². The monoisotopic (exact) mass is 415 g/mol. The number of sulfonamides is 1. The van der Waals surface area contributed by atoms with Gasteiger partial charge in [0.2, 0.25) is 11.9 Å². The van der Waals surface area contributed by atoms with Crippen molar-refractivity contribution < 1.29 is 13.2 Å². The van der Waals surface area contributed by atoms with E-state index in [0.717, 1.165) is 11.3 Å². The zero-order chi connectivity index (χ0) is 18.6. The van der Waals surface area contributed by atoms with Crippen LogP contribution in [0, 0.1) is 0 Å². The van der Waals surface area contributed by atoms with E-state index >= 15 is 0 Å². The van der Waals surface area contributed by atoms with E-state index in [4.69, 9.17) is 11.6 Å². The second-order valence-electron chi connectivity index (χ2n) is 5.59. The van der Waals surface area contributed by atoms with Crippen LogP contribution in [0.2, 0.25) is 4.34 Å². The number of hydrogen-bond acceptors (Lipinski definition) is 7. The Bertz CT molecular complexity index is 851. The molecule has 0 unspecified atom stereocenters. The van der Waals surface area contributed by atoms with Crippen LogP contribution in [0.3, 0.4) is 0 Å². The molecule has 2 aromatic heterocycles. The molecule has 1 amide bonds. The molecule has 1 N–H and O–H groups in total. The minimum absolute atomic E-state index is 0.0235. The van der Waals surface area contributed by atoms with Crippen LogP contribution < -0.4 is 5.32 Å². The molecule has 8 nitrogen and oxygen atoms in total. The van der Waals surface area contributed by atoms with E-state index in [2.05, 4.69) is 15.3 Å². The zero-order valence-electron chi connectivity index (χ0n) is 13.8. The Morgan fingerprint density at radius 1 is 1.19 bits per heavy atom. The Morgan fingerprint density at radius 2 is 1.88 bits per heavy atom. The van der Waals surface area contributed by atoms with Crippen molar-refractivity contribution in [3.63, 3.8) is 0 Å². The van der Waals surface area contributed by atoms with Crippen LogP contribution in [0.25, 0.3) is 0 Å². The highest BCUT2D eigenvalue weighted by Crippen LogP contribution is 2.28. The summed E-state index contributed by atoms with van der Waals surface area (Å²) in [6.07, 6.45) is 3.54. The fraction of sp³-hybridized carbons (Fsp3) is 0.400. The number of carbonyl (C=O) groups excluding carboxylic acids is 1. The van der Waals surface area contributed by atoms with Crippen LogP contribution in [-0.2, 0) is 14.8 Å². The Hall–Kier alpha value is -1.75. The van der Waals surface area contributed by atoms with E-state index < -0.39 is 10.0 Å². The van der Waals surface area contributed by atoms with Gasteiger partial charge in [-0.1, -0.05) is 11.6 Å². The van der Waals surface area contributed by atoms with E-state index in [1.165, 1.54) is 10.4 Å². The number of nitrogens with zero attached hydrogens (tertiary/aromatic N) is 4. The van der Waals surface area contributed by atoms with Crippen LogP contribution in [0.1, 0.15) is 6.42 Å². The first-order chi connectivity index (χ1) is 12.5. The second-order valence-corrected chi connectivity index (χ2v) is 9.47. The van der Waals surface area contributed by atoms with Crippen molar-refractivity contribution in [1.29, 1.82) is 0 Å². The number of rotatable bonds is 6. The first kappa shape index (κ1) is 19.0. The SMILES string of the molecule is O=C(CCNc1ncccn1)N1CCN(S(=O)(=O)c2ccc(Cl)s2)CC1. The van der Waals surface area contributed by atoms with Crippen molar-refractivity contribution in [3.8, 4) is 0 Å². The summed E-state index contributed by atoms with van der Waals surface area (Å²) in [5, 5.41) is 2.98. The number of aromatic nitrogens is 2. The average molecular weight is 416 g/mol. The predicted octanol–water partition coefficient (Wildman–Crippen LogP) is 1.53. The molecule has 1 fully saturated rings. The molecule has 0 radical (unpaired) electrons. The van der Waals surface area contributed by atoms with Gasteiger partial charge in [-0.25, -0.2) is 18.4 Å². The molecular weight excluding hydrogens is 398 g/mol. The van der Waals surface area contributed by atoms with E-state index in [-0.39, 0.29) is 23.2 Å². The van der Waals surface area contributed by atoms with Crippen LogP contribution in [-0.4, -0.2) is 66.2 Å². The van der Waals surface area contributed by atoms with Crippen LogP contribution in [0.15, 0.2) is 34.8 Å². The van der Waals surface area contributed by atoms with Gasteiger partial charge in [0.1, 0.15) is 4.21 Å². The lowest BCUT2D eigenvalue weighted by molar-refractivity contribution is -0.132. The smallest absolute Gasteiger partial charge is 0.252 e. The molecule has 0 spiro atoms. The fourth-order valence-electron chi connectivity index (χ4n) is 2.57. The molecule has 0 bridgehead atoms. The summed E-state index contributed by atoms with van der Waals surface area (Å²) in [5.74, 6) is 0.454. The summed E-state index contributed by atoms with van der Waals surface area (Å²) >= 11 is 6.87. The first-order valence-electron chi connectivity index (χ1n) is 8.01. The Morgan fingerprint density at radius 3 is 2.50 bits per heavy atom. The van der Waals surface area contributed by atoms with Gasteiger partial charge in [0.05, 0.1) is 4.34 Å². The number of piperazine rings is 1. The second kappa shape index (κ2) is 8.30. The molecular formula is C15H18ClN5O3S2. The molecule has 0 atom stereocenters. The molecule has 11 heteroatoms. The van der Waals surface area contributed by atoms with Gasteiger partial charge < -0.3 is 10.2 Å². The lowest BCUT2D eigenvalue weighted by Gasteiger charge is -2.33. The van der Waals surface area contributed by atoms with Gasteiger partial charge in [0.25, 0.3) is 10.0 Å². The molecule has 0 saturated carbocycles. The minimum atomic E-state index is -3.54. The highest BCUT2D eigenvalue weighted by molar-refractivity contribution is 7.91. The van der Waals surface area contributed by atoms with Crippen LogP contribution >= 0.6 is 22.9 Å². The number of thiophene rings is 1. The highest BCUT2D eigenvalue weighted by Gasteiger charge is 2.30. The van der Waals surface area contributed by atoms with Gasteiger partial charge in [-0.15, -0.1) is 11.3 Å². The lowest BCUT2D eigenvalue weighted by Crippen LogP contribution is -2.50. The van der Waals surface area contributed by atoms with Crippen molar-refractivity contribution in [3.05, 3.63) is 34.9 Å². The number of carbonyl (C=O) groups is 1. The number of hydrogen-bond donors (Lipinski definition) is 1. The summed E-state index contributed by atoms with van der Waals surface area (Å²) in [6, 6.07) is 4.80. The third-order valence-corrected chi connectivity index (χ3v) is 7.52. The molecule has 0 aliphatic carbocycles. The van der Waals surface area contributed by atoms with Gasteiger partial charge >= 0.3 is 0 Å². The third kappa shape index (κ3) is 4.50. The summed E-state index contributed by atoms with van der Waals surface area (Å²) in [4.78, 5) is 22.0. The number of nitrogens with one attached hydrogen (secondary N) is 1. The average Bonchev–Trinajstić information content (AvgIpc) is 3.10. The zero-order valence-corrected chi connectivity index (χ0v) is 16.2. The molecule has 1 aliphatic heterocycles. The van der Waals surface area contributed by atoms with Crippen LogP contribution in [0.4, 0.5) is 5.95 Å². The number of amides is 1. The van der Waals surface area contributed by atoms with Gasteiger partial charge in [-0.3, -0.25) is 4.79 Å². The van der Waals surface area contributed by atoms with Crippen molar-refractivity contribution >= 4 is 44.8 Å². The first-order valence-corrected chi connectivity index (χ1v) is 10.6.